The van der Waals surface area contributed by atoms with E-state index in [0.717, 1.165) is 27.8 Å². The lowest BCUT2D eigenvalue weighted by molar-refractivity contribution is 0.0974. The van der Waals surface area contributed by atoms with Gasteiger partial charge in [-0.3, -0.25) is 9.59 Å². The summed E-state index contributed by atoms with van der Waals surface area (Å²) < 4.78 is 0. The highest BCUT2D eigenvalue weighted by Gasteiger charge is 2.33. The van der Waals surface area contributed by atoms with E-state index in [-0.39, 0.29) is 22.9 Å². The molecule has 0 aliphatic rings. The lowest BCUT2D eigenvalue weighted by Crippen LogP contribution is -2.21. The molecule has 7 aromatic carbocycles. The van der Waals surface area contributed by atoms with Crippen molar-refractivity contribution >= 4 is 48.6 Å². The predicted octanol–water partition coefficient (Wildman–Crippen LogP) is 10.9. The van der Waals surface area contributed by atoms with Crippen molar-refractivity contribution in [1.29, 1.82) is 0 Å². The molecule has 0 radical (unpaired) electrons. The van der Waals surface area contributed by atoms with Crippen LogP contribution in [0.2, 0.25) is 0 Å². The zero-order valence-corrected chi connectivity index (χ0v) is 31.6. The third-order valence-electron chi connectivity index (χ3n) is 9.60. The largest absolute Gasteiger partial charge is 0.294 e. The molecule has 0 unspecified atom stereocenters. The molecule has 53 heavy (non-hydrogen) atoms. The van der Waals surface area contributed by atoms with Crippen LogP contribution in [-0.4, -0.2) is 11.6 Å². The minimum absolute atomic E-state index is 0.105. The lowest BCUT2D eigenvalue weighted by Gasteiger charge is -2.32. The van der Waals surface area contributed by atoms with Crippen molar-refractivity contribution in [3.05, 3.63) is 228 Å². The van der Waals surface area contributed by atoms with E-state index in [2.05, 4.69) is 146 Å². The van der Waals surface area contributed by atoms with Crippen LogP contribution >= 0.6 is 15.8 Å². The van der Waals surface area contributed by atoms with E-state index in [4.69, 9.17) is 0 Å². The molecule has 0 aromatic heterocycles. The fourth-order valence-corrected chi connectivity index (χ4v) is 12.8. The Kier molecular flexibility index (Phi) is 11.9. The third kappa shape index (κ3) is 8.86. The number of Topliss-reactive ketones (excluding diaryl/α,β-unsaturated/α-hetero) is 2. The first kappa shape index (κ1) is 36.1. The maximum Gasteiger partial charge on any atom is 0.163 e. The van der Waals surface area contributed by atoms with Crippen LogP contribution in [0.4, 0.5) is 0 Å². The molecule has 0 aliphatic heterocycles. The van der Waals surface area contributed by atoms with Crippen molar-refractivity contribution in [1.82, 2.24) is 0 Å². The number of aryl methyl sites for hydroxylation is 1. The second-order valence-corrected chi connectivity index (χ2v) is 18.1. The van der Waals surface area contributed by atoms with Crippen molar-refractivity contribution in [2.45, 2.75) is 31.1 Å². The van der Waals surface area contributed by atoms with Crippen LogP contribution in [0.25, 0.3) is 0 Å². The lowest BCUT2D eigenvalue weighted by atomic mass is 9.95. The maximum absolute atomic E-state index is 14.2. The summed E-state index contributed by atoms with van der Waals surface area (Å²) in [7, 11) is -1.99. The number of hydrogen-bond acceptors (Lipinski definition) is 2. The van der Waals surface area contributed by atoms with Crippen molar-refractivity contribution in [2.24, 2.45) is 0 Å². The number of ketones is 2. The molecule has 2 atom stereocenters. The molecule has 7 rings (SSSR count). The Morgan fingerprint density at radius 1 is 0.396 bits per heavy atom. The molecule has 0 bridgehead atoms. The summed E-state index contributed by atoms with van der Waals surface area (Å²) in [6.07, 6.45) is 0.726. The van der Waals surface area contributed by atoms with Gasteiger partial charge < -0.3 is 0 Å². The first-order chi connectivity index (χ1) is 26.0. The number of benzene rings is 7. The molecule has 7 aromatic rings. The summed E-state index contributed by atoms with van der Waals surface area (Å²) in [4.78, 5) is 28.5. The fraction of sp³-hybridized carbons (Fsp3) is 0.102. The fourth-order valence-electron chi connectivity index (χ4n) is 7.15. The van der Waals surface area contributed by atoms with Crippen LogP contribution in [0.3, 0.4) is 0 Å². The molecule has 0 fully saturated rings. The Labute approximate surface area is 316 Å². The molecule has 0 spiro atoms. The normalized spacial score (nSPS) is 12.4. The SMILES string of the molecule is Cc1cc([C@H](CC(=O)c2ccccc2)P(c2ccccc2)c2ccccc2)cc([C@H](CC(=O)c2ccccc2)P(c2ccccc2)c2ccccc2)c1. The van der Waals surface area contributed by atoms with Crippen LogP contribution in [0.15, 0.2) is 200 Å². The topological polar surface area (TPSA) is 34.1 Å². The van der Waals surface area contributed by atoms with Crippen LogP contribution < -0.4 is 21.2 Å². The summed E-state index contributed by atoms with van der Waals surface area (Å²) in [5.74, 6) is 0.259. The van der Waals surface area contributed by atoms with Gasteiger partial charge in [0.1, 0.15) is 0 Å². The Balaban J connectivity index is 1.42. The number of carbonyl (C=O) groups is 2. The zero-order chi connectivity index (χ0) is 36.4. The molecule has 0 heterocycles. The summed E-state index contributed by atoms with van der Waals surface area (Å²) in [6.45, 7) is 2.15. The highest BCUT2D eigenvalue weighted by atomic mass is 31.1. The summed E-state index contributed by atoms with van der Waals surface area (Å²) in [5, 5.41) is 4.92. The third-order valence-corrected chi connectivity index (χ3v) is 15.2. The van der Waals surface area contributed by atoms with Gasteiger partial charge in [0.05, 0.1) is 0 Å². The quantitative estimate of drug-likeness (QED) is 0.0827. The first-order valence-corrected chi connectivity index (χ1v) is 20.9. The van der Waals surface area contributed by atoms with E-state index in [9.17, 15) is 9.59 Å². The molecule has 2 nitrogen and oxygen atoms in total. The van der Waals surface area contributed by atoms with Gasteiger partial charge in [-0.25, -0.2) is 0 Å². The van der Waals surface area contributed by atoms with Crippen LogP contribution in [0, 0.1) is 6.92 Å². The van der Waals surface area contributed by atoms with E-state index >= 15 is 0 Å². The van der Waals surface area contributed by atoms with E-state index in [0.29, 0.717) is 12.8 Å². The van der Waals surface area contributed by atoms with Crippen molar-refractivity contribution in [2.75, 3.05) is 0 Å². The molecule has 0 saturated heterocycles. The molecule has 0 aliphatic carbocycles. The molecular weight excluding hydrogens is 682 g/mol. The van der Waals surface area contributed by atoms with Crippen LogP contribution in [-0.2, 0) is 0 Å². The van der Waals surface area contributed by atoms with E-state index < -0.39 is 15.8 Å². The molecule has 0 saturated carbocycles. The van der Waals surface area contributed by atoms with Crippen LogP contribution in [0.1, 0.15) is 61.6 Å². The summed E-state index contributed by atoms with van der Waals surface area (Å²) in [5.41, 5.74) is 4.64. The average Bonchev–Trinajstić information content (AvgIpc) is 3.22. The first-order valence-electron chi connectivity index (χ1n) is 18.1. The number of carbonyl (C=O) groups excluding carboxylic acids is 2. The van der Waals surface area contributed by atoms with Gasteiger partial charge in [0.25, 0.3) is 0 Å². The highest BCUT2D eigenvalue weighted by molar-refractivity contribution is 7.73. The van der Waals surface area contributed by atoms with E-state index in [1.807, 2.05) is 60.7 Å². The summed E-state index contributed by atoms with van der Waals surface area (Å²) >= 11 is 0. The Bertz CT molecular complexity index is 1990. The number of hydrogen-bond donors (Lipinski definition) is 0. The molecule has 0 N–H and O–H groups in total. The number of rotatable bonds is 14. The van der Waals surface area contributed by atoms with Gasteiger partial charge in [0.15, 0.2) is 11.6 Å². The minimum Gasteiger partial charge on any atom is -0.294 e. The van der Waals surface area contributed by atoms with Gasteiger partial charge in [-0.15, -0.1) is 0 Å². The average molecular weight is 725 g/mol. The van der Waals surface area contributed by atoms with Gasteiger partial charge in [0, 0.05) is 35.3 Å². The van der Waals surface area contributed by atoms with Gasteiger partial charge in [-0.05, 0) is 55.1 Å². The van der Waals surface area contributed by atoms with E-state index in [1.165, 1.54) is 21.2 Å². The standard InChI is InChI=1S/C49H42O2P2/c1-37-32-40(48(35-46(50)38-20-8-2-9-21-38)52(42-24-12-4-13-25-42)43-26-14-5-15-27-43)34-41(33-37)49(36-47(51)39-22-10-3-11-23-39)53(44-28-16-6-17-29-44)45-30-18-7-19-31-45/h2-34,48-49H,35-36H2,1H3/t48-,49-/m0/s1. The molecule has 260 valence electrons. The smallest absolute Gasteiger partial charge is 0.163 e. The van der Waals surface area contributed by atoms with Crippen molar-refractivity contribution in [3.8, 4) is 0 Å². The van der Waals surface area contributed by atoms with Gasteiger partial charge >= 0.3 is 0 Å². The second kappa shape index (κ2) is 17.5. The Hall–Kier alpha value is -5.26. The van der Waals surface area contributed by atoms with Crippen molar-refractivity contribution < 1.29 is 9.59 Å². The van der Waals surface area contributed by atoms with E-state index in [1.54, 1.807) is 0 Å². The minimum atomic E-state index is -0.996. The van der Waals surface area contributed by atoms with Gasteiger partial charge in [-0.1, -0.05) is 206 Å². The summed E-state index contributed by atoms with van der Waals surface area (Å²) in [6, 6.07) is 68.9. The zero-order valence-electron chi connectivity index (χ0n) is 29.8. The van der Waals surface area contributed by atoms with Gasteiger partial charge in [0.2, 0.25) is 0 Å². The monoisotopic (exact) mass is 724 g/mol. The maximum atomic E-state index is 14.2. The van der Waals surface area contributed by atoms with Crippen molar-refractivity contribution in [3.63, 3.8) is 0 Å². The van der Waals surface area contributed by atoms with Crippen LogP contribution in [0.5, 0.6) is 0 Å². The Morgan fingerprint density at radius 3 is 0.943 bits per heavy atom. The highest BCUT2D eigenvalue weighted by Crippen LogP contribution is 2.55. The molecule has 0 amide bonds. The molecular formula is C49H42O2P2. The predicted molar refractivity (Wildman–Crippen MR) is 226 cm³/mol. The second-order valence-electron chi connectivity index (χ2n) is 13.3. The van der Waals surface area contributed by atoms with Gasteiger partial charge in [-0.2, -0.15) is 0 Å². The molecule has 4 heteroatoms. The Morgan fingerprint density at radius 2 is 0.660 bits per heavy atom.